The third-order valence-corrected chi connectivity index (χ3v) is 6.23. The van der Waals surface area contributed by atoms with Gasteiger partial charge in [-0.25, -0.2) is 9.78 Å². The Morgan fingerprint density at radius 3 is 2.36 bits per heavy atom. The molecular weight excluding hydrogens is 456 g/mol. The molecule has 2 N–H and O–H groups in total. The summed E-state index contributed by atoms with van der Waals surface area (Å²) in [6, 6.07) is 20.2. The first-order valence-corrected chi connectivity index (χ1v) is 12.0. The Kier molecular flexibility index (Phi) is 7.59. The zero-order chi connectivity index (χ0) is 25.7. The van der Waals surface area contributed by atoms with Gasteiger partial charge >= 0.3 is 11.9 Å². The maximum Gasteiger partial charge on any atom is 0.336 e. The second kappa shape index (κ2) is 11.0. The lowest BCUT2D eigenvalue weighted by molar-refractivity contribution is -0.136. The molecule has 4 rings (SSSR count). The number of aryl methyl sites for hydroxylation is 1. The van der Waals surface area contributed by atoms with Crippen molar-refractivity contribution in [3.63, 3.8) is 0 Å². The zero-order valence-corrected chi connectivity index (χ0v) is 20.1. The van der Waals surface area contributed by atoms with Gasteiger partial charge in [-0.3, -0.25) is 9.59 Å². The molecule has 0 aliphatic carbocycles. The second-order valence-corrected chi connectivity index (χ2v) is 8.79. The van der Waals surface area contributed by atoms with Crippen LogP contribution in [0.2, 0.25) is 0 Å². The molecule has 0 radical (unpaired) electrons. The van der Waals surface area contributed by atoms with Gasteiger partial charge in [-0.1, -0.05) is 55.8 Å². The topological polar surface area (TPSA) is 109 Å². The van der Waals surface area contributed by atoms with Gasteiger partial charge in [-0.05, 0) is 47.4 Å². The average Bonchev–Trinajstić information content (AvgIpc) is 3.22. The predicted octanol–water partition coefficient (Wildman–Crippen LogP) is 5.84. The molecule has 36 heavy (non-hydrogen) atoms. The summed E-state index contributed by atoms with van der Waals surface area (Å²) in [4.78, 5) is 39.7. The van der Waals surface area contributed by atoms with Crippen LogP contribution in [0.15, 0.2) is 66.7 Å². The van der Waals surface area contributed by atoms with Crippen molar-refractivity contribution in [1.82, 2.24) is 9.55 Å². The van der Waals surface area contributed by atoms with E-state index in [-0.39, 0.29) is 24.2 Å². The Morgan fingerprint density at radius 2 is 1.67 bits per heavy atom. The van der Waals surface area contributed by atoms with E-state index in [4.69, 9.17) is 10.1 Å². The zero-order valence-electron chi connectivity index (χ0n) is 20.1. The van der Waals surface area contributed by atoms with E-state index in [2.05, 4.69) is 11.5 Å². The molecular formula is C29H28N2O5. The number of aromatic carboxylic acids is 1. The van der Waals surface area contributed by atoms with Crippen molar-refractivity contribution in [1.29, 1.82) is 0 Å². The smallest absolute Gasteiger partial charge is 0.336 e. The Labute approximate surface area is 209 Å². The summed E-state index contributed by atoms with van der Waals surface area (Å²) in [6.07, 6.45) is 2.58. The number of ketones is 1. The summed E-state index contributed by atoms with van der Waals surface area (Å²) in [5.41, 5.74) is 4.92. The van der Waals surface area contributed by atoms with Crippen LogP contribution in [-0.4, -0.2) is 37.5 Å². The van der Waals surface area contributed by atoms with Crippen molar-refractivity contribution < 1.29 is 24.6 Å². The van der Waals surface area contributed by atoms with E-state index >= 15 is 0 Å². The van der Waals surface area contributed by atoms with E-state index in [1.54, 1.807) is 30.3 Å². The van der Waals surface area contributed by atoms with Gasteiger partial charge in [0, 0.05) is 24.9 Å². The largest absolute Gasteiger partial charge is 0.481 e. The van der Waals surface area contributed by atoms with Gasteiger partial charge in [-0.2, -0.15) is 0 Å². The molecule has 0 aliphatic heterocycles. The summed E-state index contributed by atoms with van der Waals surface area (Å²) in [7, 11) is 0. The van der Waals surface area contributed by atoms with E-state index in [0.29, 0.717) is 23.2 Å². The fourth-order valence-corrected chi connectivity index (χ4v) is 4.31. The highest BCUT2D eigenvalue weighted by atomic mass is 16.4. The summed E-state index contributed by atoms with van der Waals surface area (Å²) >= 11 is 0. The number of imidazole rings is 1. The third-order valence-electron chi connectivity index (χ3n) is 6.23. The first-order valence-electron chi connectivity index (χ1n) is 12.0. The van der Waals surface area contributed by atoms with Crippen molar-refractivity contribution in [3.05, 3.63) is 89.2 Å². The van der Waals surface area contributed by atoms with Crippen LogP contribution in [-0.2, 0) is 17.8 Å². The van der Waals surface area contributed by atoms with Gasteiger partial charge < -0.3 is 14.8 Å². The summed E-state index contributed by atoms with van der Waals surface area (Å²) in [5, 5.41) is 18.4. The van der Waals surface area contributed by atoms with Gasteiger partial charge in [0.1, 0.15) is 5.82 Å². The molecule has 0 saturated heterocycles. The van der Waals surface area contributed by atoms with Crippen LogP contribution in [0.4, 0.5) is 0 Å². The van der Waals surface area contributed by atoms with Crippen LogP contribution in [0.5, 0.6) is 0 Å². The molecule has 1 heterocycles. The number of unbranched alkanes of at least 4 members (excludes halogenated alkanes) is 1. The molecule has 0 spiro atoms. The van der Waals surface area contributed by atoms with Crippen LogP contribution < -0.4 is 0 Å². The summed E-state index contributed by atoms with van der Waals surface area (Å²) in [6.45, 7) is 2.71. The van der Waals surface area contributed by atoms with E-state index in [0.717, 1.165) is 41.7 Å². The minimum Gasteiger partial charge on any atom is -0.481 e. The van der Waals surface area contributed by atoms with Crippen LogP contribution in [0, 0.1) is 0 Å². The molecule has 0 bridgehead atoms. The maximum atomic E-state index is 12.4. The molecule has 0 amide bonds. The lowest BCUT2D eigenvalue weighted by Gasteiger charge is -2.11. The Morgan fingerprint density at radius 1 is 0.917 bits per heavy atom. The summed E-state index contributed by atoms with van der Waals surface area (Å²) in [5.74, 6) is -1.22. The van der Waals surface area contributed by atoms with Crippen molar-refractivity contribution in [2.75, 3.05) is 0 Å². The first-order chi connectivity index (χ1) is 17.4. The fourth-order valence-electron chi connectivity index (χ4n) is 4.31. The molecule has 0 unspecified atom stereocenters. The predicted molar refractivity (Wildman–Crippen MR) is 137 cm³/mol. The summed E-state index contributed by atoms with van der Waals surface area (Å²) < 4.78 is 2.15. The van der Waals surface area contributed by atoms with Gasteiger partial charge in [0.2, 0.25) is 0 Å². The molecule has 0 atom stereocenters. The van der Waals surface area contributed by atoms with Crippen LogP contribution in [0.3, 0.4) is 0 Å². The minimum atomic E-state index is -0.993. The van der Waals surface area contributed by atoms with Gasteiger partial charge in [0.15, 0.2) is 5.78 Å². The number of carboxylic acid groups (broad SMARTS) is 2. The highest BCUT2D eigenvalue weighted by Crippen LogP contribution is 2.26. The number of carbonyl (C=O) groups is 3. The molecule has 1 aromatic heterocycles. The van der Waals surface area contributed by atoms with Crippen molar-refractivity contribution in [2.24, 2.45) is 0 Å². The Balaban J connectivity index is 1.64. The van der Waals surface area contributed by atoms with E-state index < -0.39 is 11.9 Å². The highest BCUT2D eigenvalue weighted by molar-refractivity contribution is 6.00. The van der Waals surface area contributed by atoms with E-state index in [9.17, 15) is 19.5 Å². The monoisotopic (exact) mass is 484 g/mol. The van der Waals surface area contributed by atoms with E-state index in [1.165, 1.54) is 0 Å². The van der Waals surface area contributed by atoms with Gasteiger partial charge in [-0.15, -0.1) is 0 Å². The van der Waals surface area contributed by atoms with Crippen LogP contribution in [0.25, 0.3) is 22.2 Å². The number of Topliss-reactive ketones (excluding diaryl/α,β-unsaturated/α-hetero) is 1. The molecule has 0 aliphatic rings. The van der Waals surface area contributed by atoms with E-state index in [1.807, 2.05) is 36.4 Å². The fraction of sp³-hybridized carbons (Fsp3) is 0.241. The number of aliphatic carboxylic acids is 1. The van der Waals surface area contributed by atoms with Crippen LogP contribution >= 0.6 is 0 Å². The lowest BCUT2D eigenvalue weighted by atomic mass is 9.98. The standard InChI is InChI=1S/C29H28N2O5/c1-2-3-8-27-30-24-17-21(26(32)15-16-28(33)34)13-14-25(24)31(27)18-19-9-11-20(12-10-19)22-6-4-5-7-23(22)29(35)36/h4-7,9-14,17H,2-3,8,15-16,18H2,1H3,(H,33,34)(H,35,36). The molecule has 3 aromatic carbocycles. The van der Waals surface area contributed by atoms with Gasteiger partial charge in [0.25, 0.3) is 0 Å². The maximum absolute atomic E-state index is 12.4. The molecule has 4 aromatic rings. The first kappa shape index (κ1) is 24.9. The number of aromatic nitrogens is 2. The number of benzene rings is 3. The Bertz CT molecular complexity index is 1420. The van der Waals surface area contributed by atoms with Crippen molar-refractivity contribution in [2.45, 2.75) is 45.6 Å². The lowest BCUT2D eigenvalue weighted by Crippen LogP contribution is -2.06. The van der Waals surface area contributed by atoms with Crippen LogP contribution in [0.1, 0.15) is 64.7 Å². The average molecular weight is 485 g/mol. The molecule has 7 nitrogen and oxygen atoms in total. The minimum absolute atomic E-state index is 0.0401. The SMILES string of the molecule is CCCCc1nc2cc(C(=O)CCC(=O)O)ccc2n1Cc1ccc(-c2ccccc2C(=O)O)cc1. The third kappa shape index (κ3) is 5.51. The molecule has 7 heteroatoms. The van der Waals surface area contributed by atoms with Crippen molar-refractivity contribution in [3.8, 4) is 11.1 Å². The number of rotatable bonds is 11. The molecule has 0 saturated carbocycles. The number of hydrogen-bond donors (Lipinski definition) is 2. The number of carboxylic acids is 2. The van der Waals surface area contributed by atoms with Gasteiger partial charge in [0.05, 0.1) is 23.0 Å². The normalized spacial score (nSPS) is 11.0. The highest BCUT2D eigenvalue weighted by Gasteiger charge is 2.15. The quantitative estimate of drug-likeness (QED) is 0.259. The number of nitrogens with zero attached hydrogens (tertiary/aromatic N) is 2. The molecule has 184 valence electrons. The number of hydrogen-bond acceptors (Lipinski definition) is 4. The number of carbonyl (C=O) groups excluding carboxylic acids is 1. The molecule has 0 fully saturated rings. The second-order valence-electron chi connectivity index (χ2n) is 8.79. The van der Waals surface area contributed by atoms with Crippen molar-refractivity contribution >= 4 is 28.8 Å². The Hall–Kier alpha value is -4.26. The number of fused-ring (bicyclic) bond motifs is 1.